The number of aliphatic carboxylic acids is 1. The first kappa shape index (κ1) is 18.7. The molecular formula is C23H20N4O2S. The number of carboxylic acids is 1. The van der Waals surface area contributed by atoms with E-state index in [4.69, 9.17) is 15.1 Å². The molecule has 0 saturated heterocycles. The Bertz CT molecular complexity index is 1220. The van der Waals surface area contributed by atoms with Crippen LogP contribution in [0.4, 0.5) is 11.5 Å². The molecule has 3 heterocycles. The summed E-state index contributed by atoms with van der Waals surface area (Å²) in [6, 6.07) is 11.3. The van der Waals surface area contributed by atoms with Crippen LogP contribution in [0.5, 0.6) is 0 Å². The van der Waals surface area contributed by atoms with Gasteiger partial charge in [-0.15, -0.1) is 11.3 Å². The van der Waals surface area contributed by atoms with Crippen LogP contribution in [0.2, 0.25) is 0 Å². The van der Waals surface area contributed by atoms with E-state index in [1.165, 1.54) is 23.3 Å². The molecule has 0 atom stereocenters. The van der Waals surface area contributed by atoms with Gasteiger partial charge >= 0.3 is 5.97 Å². The summed E-state index contributed by atoms with van der Waals surface area (Å²) in [7, 11) is 0. The van der Waals surface area contributed by atoms with E-state index in [0.29, 0.717) is 5.82 Å². The molecule has 150 valence electrons. The van der Waals surface area contributed by atoms with Gasteiger partial charge in [-0.2, -0.15) is 0 Å². The number of nitrogens with zero attached hydrogens (tertiary/aromatic N) is 3. The number of hydrogen-bond donors (Lipinski definition) is 2. The molecule has 5 rings (SSSR count). The fourth-order valence-electron chi connectivity index (χ4n) is 3.89. The number of carbonyl (C=O) groups is 1. The van der Waals surface area contributed by atoms with Gasteiger partial charge in [-0.25, -0.2) is 9.97 Å². The minimum absolute atomic E-state index is 0.0151. The van der Waals surface area contributed by atoms with Crippen molar-refractivity contribution in [1.82, 2.24) is 15.0 Å². The average Bonchev–Trinajstić information content (AvgIpc) is 3.14. The minimum atomic E-state index is -0.834. The molecule has 1 aliphatic carbocycles. The van der Waals surface area contributed by atoms with Crippen molar-refractivity contribution in [3.8, 4) is 11.4 Å². The first-order valence-electron chi connectivity index (χ1n) is 9.98. The third-order valence-corrected chi connectivity index (χ3v) is 6.49. The highest BCUT2D eigenvalue weighted by Crippen LogP contribution is 2.40. The van der Waals surface area contributed by atoms with E-state index in [0.717, 1.165) is 45.7 Å². The van der Waals surface area contributed by atoms with Gasteiger partial charge in [0.2, 0.25) is 0 Å². The van der Waals surface area contributed by atoms with Crippen LogP contribution in [0.3, 0.4) is 0 Å². The summed E-state index contributed by atoms with van der Waals surface area (Å²) in [5, 5.41) is 13.6. The van der Waals surface area contributed by atoms with Crippen molar-refractivity contribution in [3.63, 3.8) is 0 Å². The third-order valence-electron chi connectivity index (χ3n) is 5.31. The Morgan fingerprint density at radius 2 is 1.93 bits per heavy atom. The predicted molar refractivity (Wildman–Crippen MR) is 118 cm³/mol. The largest absolute Gasteiger partial charge is 0.481 e. The number of carboxylic acid groups (broad SMARTS) is 1. The number of fused-ring (bicyclic) bond motifs is 3. The van der Waals surface area contributed by atoms with Gasteiger partial charge in [0.05, 0.1) is 11.8 Å². The summed E-state index contributed by atoms with van der Waals surface area (Å²) < 4.78 is 0. The second kappa shape index (κ2) is 7.84. The average molecular weight is 417 g/mol. The van der Waals surface area contributed by atoms with Gasteiger partial charge in [0.1, 0.15) is 10.6 Å². The lowest BCUT2D eigenvalue weighted by Crippen LogP contribution is -2.03. The van der Waals surface area contributed by atoms with Gasteiger partial charge in [0.15, 0.2) is 5.82 Å². The van der Waals surface area contributed by atoms with E-state index in [1.807, 2.05) is 36.4 Å². The summed E-state index contributed by atoms with van der Waals surface area (Å²) in [5.41, 5.74) is 3.89. The van der Waals surface area contributed by atoms with E-state index in [1.54, 1.807) is 23.7 Å². The van der Waals surface area contributed by atoms with Crippen LogP contribution in [0.1, 0.15) is 28.8 Å². The van der Waals surface area contributed by atoms with E-state index in [-0.39, 0.29) is 6.42 Å². The number of benzene rings is 1. The van der Waals surface area contributed by atoms with E-state index < -0.39 is 5.97 Å². The Hall–Kier alpha value is -3.32. The number of aromatic nitrogens is 3. The quantitative estimate of drug-likeness (QED) is 0.476. The maximum Gasteiger partial charge on any atom is 0.307 e. The van der Waals surface area contributed by atoms with Gasteiger partial charge in [0.25, 0.3) is 0 Å². The Morgan fingerprint density at radius 1 is 1.10 bits per heavy atom. The summed E-state index contributed by atoms with van der Waals surface area (Å²) in [6.45, 7) is 0. The molecule has 1 aliphatic rings. The number of hydrogen-bond acceptors (Lipinski definition) is 6. The van der Waals surface area contributed by atoms with Gasteiger partial charge in [-0.05, 0) is 61.1 Å². The Kier molecular flexibility index (Phi) is 4.88. The first-order chi connectivity index (χ1) is 14.7. The molecule has 0 aliphatic heterocycles. The van der Waals surface area contributed by atoms with Crippen LogP contribution in [-0.2, 0) is 24.1 Å². The zero-order valence-corrected chi connectivity index (χ0v) is 17.1. The topological polar surface area (TPSA) is 88.0 Å². The van der Waals surface area contributed by atoms with Crippen LogP contribution >= 0.6 is 11.3 Å². The number of nitrogens with one attached hydrogen (secondary N) is 1. The molecule has 2 N–H and O–H groups in total. The molecule has 4 aromatic rings. The monoisotopic (exact) mass is 416 g/mol. The molecule has 6 nitrogen and oxygen atoms in total. The zero-order chi connectivity index (χ0) is 20.5. The molecular weight excluding hydrogens is 396 g/mol. The number of thiophene rings is 1. The molecule has 0 amide bonds. The van der Waals surface area contributed by atoms with Crippen molar-refractivity contribution < 1.29 is 9.90 Å². The Labute approximate surface area is 177 Å². The maximum absolute atomic E-state index is 10.9. The standard InChI is InChI=1S/C23H20N4O2S/c28-19(29)12-14-7-9-16(10-8-14)25-22-20-17-5-1-2-6-18(17)30-23(20)27-21(26-22)15-4-3-11-24-13-15/h3-4,7-11,13H,1-2,5-6,12H2,(H,28,29)(H,25,26,27). The van der Waals surface area contributed by atoms with Crippen molar-refractivity contribution in [2.75, 3.05) is 5.32 Å². The number of pyridine rings is 1. The van der Waals surface area contributed by atoms with Gasteiger partial charge < -0.3 is 10.4 Å². The molecule has 1 aromatic carbocycles. The summed E-state index contributed by atoms with van der Waals surface area (Å²) in [4.78, 5) is 27.3. The highest BCUT2D eigenvalue weighted by atomic mass is 32.1. The van der Waals surface area contributed by atoms with E-state index >= 15 is 0 Å². The van der Waals surface area contributed by atoms with Crippen LogP contribution in [0, 0.1) is 0 Å². The molecule has 3 aromatic heterocycles. The van der Waals surface area contributed by atoms with Gasteiger partial charge in [-0.3, -0.25) is 9.78 Å². The molecule has 0 radical (unpaired) electrons. The van der Waals surface area contributed by atoms with Crippen LogP contribution in [0.15, 0.2) is 48.8 Å². The number of rotatable bonds is 5. The Balaban J connectivity index is 1.59. The highest BCUT2D eigenvalue weighted by molar-refractivity contribution is 7.19. The number of anilines is 2. The third kappa shape index (κ3) is 3.64. The molecule has 0 spiro atoms. The van der Waals surface area contributed by atoms with Gasteiger partial charge in [-0.1, -0.05) is 12.1 Å². The smallest absolute Gasteiger partial charge is 0.307 e. The predicted octanol–water partition coefficient (Wildman–Crippen LogP) is 5.00. The molecule has 30 heavy (non-hydrogen) atoms. The SMILES string of the molecule is O=C(O)Cc1ccc(Nc2nc(-c3cccnc3)nc3sc4c(c23)CCCC4)cc1. The van der Waals surface area contributed by atoms with Crippen molar-refractivity contribution >= 4 is 39.0 Å². The molecule has 0 saturated carbocycles. The van der Waals surface area contributed by atoms with Crippen molar-refractivity contribution in [1.29, 1.82) is 0 Å². The maximum atomic E-state index is 10.9. The van der Waals surface area contributed by atoms with Crippen molar-refractivity contribution in [2.24, 2.45) is 0 Å². The van der Waals surface area contributed by atoms with Crippen LogP contribution < -0.4 is 5.32 Å². The lowest BCUT2D eigenvalue weighted by atomic mass is 9.97. The second-order valence-corrected chi connectivity index (χ2v) is 8.50. The van der Waals surface area contributed by atoms with E-state index in [9.17, 15) is 4.79 Å². The molecule has 0 unspecified atom stereocenters. The summed E-state index contributed by atoms with van der Waals surface area (Å²) in [6.07, 6.45) is 8.09. The van der Waals surface area contributed by atoms with Crippen LogP contribution in [-0.4, -0.2) is 26.0 Å². The Morgan fingerprint density at radius 3 is 2.70 bits per heavy atom. The molecule has 0 bridgehead atoms. The molecule has 0 fully saturated rings. The summed E-state index contributed by atoms with van der Waals surface area (Å²) >= 11 is 1.77. The number of aryl methyl sites for hydroxylation is 2. The van der Waals surface area contributed by atoms with E-state index in [2.05, 4.69) is 10.3 Å². The summed E-state index contributed by atoms with van der Waals surface area (Å²) in [5.74, 6) is 0.614. The second-order valence-electron chi connectivity index (χ2n) is 7.42. The molecule has 7 heteroatoms. The zero-order valence-electron chi connectivity index (χ0n) is 16.3. The minimum Gasteiger partial charge on any atom is -0.481 e. The van der Waals surface area contributed by atoms with Crippen molar-refractivity contribution in [3.05, 3.63) is 64.8 Å². The van der Waals surface area contributed by atoms with Gasteiger partial charge in [0, 0.05) is 28.5 Å². The normalized spacial score (nSPS) is 13.2. The lowest BCUT2D eigenvalue weighted by Gasteiger charge is -2.13. The fraction of sp³-hybridized carbons (Fsp3) is 0.217. The first-order valence-corrected chi connectivity index (χ1v) is 10.8. The van der Waals surface area contributed by atoms with Crippen molar-refractivity contribution in [2.45, 2.75) is 32.1 Å². The van der Waals surface area contributed by atoms with Crippen LogP contribution in [0.25, 0.3) is 21.6 Å². The highest BCUT2D eigenvalue weighted by Gasteiger charge is 2.21. The fourth-order valence-corrected chi connectivity index (χ4v) is 5.15. The lowest BCUT2D eigenvalue weighted by molar-refractivity contribution is -0.136.